The van der Waals surface area contributed by atoms with E-state index in [9.17, 15) is 4.79 Å². The van der Waals surface area contributed by atoms with E-state index in [1.165, 1.54) is 10.4 Å². The van der Waals surface area contributed by atoms with Crippen molar-refractivity contribution in [3.63, 3.8) is 0 Å². The smallest absolute Gasteiger partial charge is 0.227 e. The van der Waals surface area contributed by atoms with Crippen molar-refractivity contribution in [2.45, 2.75) is 38.6 Å². The monoisotopic (exact) mass is 278 g/mol. The third kappa shape index (κ3) is 2.43. The molecule has 2 aliphatic rings. The van der Waals surface area contributed by atoms with Gasteiger partial charge in [0.2, 0.25) is 5.91 Å². The predicted octanol–water partition coefficient (Wildman–Crippen LogP) is 2.58. The Hall–Kier alpha value is -0.870. The number of amides is 1. The molecule has 1 aromatic heterocycles. The second-order valence-corrected chi connectivity index (χ2v) is 6.55. The highest BCUT2D eigenvalue weighted by Crippen LogP contribution is 2.36. The first kappa shape index (κ1) is 13.1. The summed E-state index contributed by atoms with van der Waals surface area (Å²) >= 11 is 1.84. The molecule has 1 N–H and O–H groups in total. The number of rotatable bonds is 2. The van der Waals surface area contributed by atoms with Crippen LogP contribution in [0.1, 0.15) is 42.7 Å². The van der Waals surface area contributed by atoms with Gasteiger partial charge in [-0.15, -0.1) is 11.3 Å². The van der Waals surface area contributed by atoms with Gasteiger partial charge in [-0.25, -0.2) is 0 Å². The molecule has 3 nitrogen and oxygen atoms in total. The van der Waals surface area contributed by atoms with Gasteiger partial charge in [-0.05, 0) is 49.2 Å². The molecule has 2 aliphatic heterocycles. The number of nitrogens with one attached hydrogen (secondary N) is 1. The molecule has 3 heterocycles. The van der Waals surface area contributed by atoms with E-state index in [0.29, 0.717) is 11.9 Å². The molecule has 3 rings (SSSR count). The summed E-state index contributed by atoms with van der Waals surface area (Å²) in [5.74, 6) is 0.568. The lowest BCUT2D eigenvalue weighted by Gasteiger charge is -2.38. The standard InChI is InChI=1S/C15H22N2OS/c1-2-13-12-6-9-19-14(12)5-8-17(13)15(18)11-4-3-7-16-10-11/h6,9,11,13,16H,2-5,7-8,10H2,1H3/t11-,13?/m0/s1. The molecule has 0 aromatic carbocycles. The SMILES string of the molecule is CCC1c2ccsc2CCN1C(=O)[C@H]1CCCNC1. The van der Waals surface area contributed by atoms with E-state index in [-0.39, 0.29) is 5.92 Å². The molecule has 1 unspecified atom stereocenters. The minimum Gasteiger partial charge on any atom is -0.335 e. The third-order valence-corrected chi connectivity index (χ3v) is 5.41. The van der Waals surface area contributed by atoms with Crippen molar-refractivity contribution < 1.29 is 4.79 Å². The van der Waals surface area contributed by atoms with Gasteiger partial charge in [-0.2, -0.15) is 0 Å². The van der Waals surface area contributed by atoms with Crippen LogP contribution < -0.4 is 5.32 Å². The first-order valence-corrected chi connectivity index (χ1v) is 8.26. The Kier molecular flexibility index (Phi) is 3.89. The first-order chi connectivity index (χ1) is 9.31. The van der Waals surface area contributed by atoms with Crippen LogP contribution in [0.15, 0.2) is 11.4 Å². The van der Waals surface area contributed by atoms with Gasteiger partial charge < -0.3 is 10.2 Å². The Morgan fingerprint density at radius 2 is 2.47 bits per heavy atom. The van der Waals surface area contributed by atoms with E-state index in [4.69, 9.17) is 0 Å². The highest BCUT2D eigenvalue weighted by molar-refractivity contribution is 7.10. The fourth-order valence-corrected chi connectivity index (χ4v) is 4.33. The largest absolute Gasteiger partial charge is 0.335 e. The second-order valence-electron chi connectivity index (χ2n) is 5.55. The lowest BCUT2D eigenvalue weighted by atomic mass is 9.93. The van der Waals surface area contributed by atoms with Gasteiger partial charge in [0, 0.05) is 18.0 Å². The lowest BCUT2D eigenvalue weighted by Crippen LogP contribution is -2.46. The zero-order valence-corrected chi connectivity index (χ0v) is 12.3. The van der Waals surface area contributed by atoms with Crippen molar-refractivity contribution in [3.8, 4) is 0 Å². The molecule has 1 aromatic rings. The maximum atomic E-state index is 12.7. The van der Waals surface area contributed by atoms with E-state index < -0.39 is 0 Å². The van der Waals surface area contributed by atoms with Crippen molar-refractivity contribution >= 4 is 17.2 Å². The summed E-state index contributed by atoms with van der Waals surface area (Å²) in [5, 5.41) is 5.53. The molecule has 1 amide bonds. The van der Waals surface area contributed by atoms with Gasteiger partial charge in [-0.3, -0.25) is 4.79 Å². The summed E-state index contributed by atoms with van der Waals surface area (Å²) in [5.41, 5.74) is 1.40. The van der Waals surface area contributed by atoms with Gasteiger partial charge in [0.15, 0.2) is 0 Å². The quantitative estimate of drug-likeness (QED) is 0.902. The molecule has 19 heavy (non-hydrogen) atoms. The lowest BCUT2D eigenvalue weighted by molar-refractivity contribution is -0.139. The number of carbonyl (C=O) groups is 1. The molecule has 0 aliphatic carbocycles. The highest BCUT2D eigenvalue weighted by atomic mass is 32.1. The van der Waals surface area contributed by atoms with Crippen LogP contribution in [0.4, 0.5) is 0 Å². The van der Waals surface area contributed by atoms with Crippen LogP contribution in [0.3, 0.4) is 0 Å². The Morgan fingerprint density at radius 3 is 3.21 bits per heavy atom. The molecule has 1 saturated heterocycles. The number of carbonyl (C=O) groups excluding carboxylic acids is 1. The second kappa shape index (κ2) is 5.63. The van der Waals surface area contributed by atoms with Gasteiger partial charge in [0.25, 0.3) is 0 Å². The Morgan fingerprint density at radius 1 is 1.58 bits per heavy atom. The molecule has 2 atom stereocenters. The Labute approximate surface area is 119 Å². The molecule has 104 valence electrons. The van der Waals surface area contributed by atoms with E-state index >= 15 is 0 Å². The van der Waals surface area contributed by atoms with Crippen LogP contribution in [-0.4, -0.2) is 30.4 Å². The highest BCUT2D eigenvalue weighted by Gasteiger charge is 2.34. The average molecular weight is 278 g/mol. The van der Waals surface area contributed by atoms with Crippen molar-refractivity contribution in [2.75, 3.05) is 19.6 Å². The molecule has 0 saturated carbocycles. The normalized spacial score (nSPS) is 27.1. The number of piperidine rings is 1. The van der Waals surface area contributed by atoms with Gasteiger partial charge in [-0.1, -0.05) is 6.92 Å². The number of thiophene rings is 1. The van der Waals surface area contributed by atoms with Crippen molar-refractivity contribution in [2.24, 2.45) is 5.92 Å². The van der Waals surface area contributed by atoms with Gasteiger partial charge >= 0.3 is 0 Å². The van der Waals surface area contributed by atoms with E-state index in [0.717, 1.165) is 45.3 Å². The fraction of sp³-hybridized carbons (Fsp3) is 0.667. The summed E-state index contributed by atoms with van der Waals surface area (Å²) in [6, 6.07) is 2.52. The maximum Gasteiger partial charge on any atom is 0.227 e. The van der Waals surface area contributed by atoms with E-state index in [1.807, 2.05) is 11.3 Å². The van der Waals surface area contributed by atoms with E-state index in [1.54, 1.807) is 0 Å². The Balaban J connectivity index is 1.78. The van der Waals surface area contributed by atoms with Crippen LogP contribution >= 0.6 is 11.3 Å². The van der Waals surface area contributed by atoms with Crippen LogP contribution in [-0.2, 0) is 11.2 Å². The minimum atomic E-state index is 0.197. The first-order valence-electron chi connectivity index (χ1n) is 7.38. The zero-order valence-electron chi connectivity index (χ0n) is 11.5. The average Bonchev–Trinajstić information content (AvgIpc) is 2.94. The molecular formula is C15H22N2OS. The third-order valence-electron chi connectivity index (χ3n) is 4.41. The van der Waals surface area contributed by atoms with Crippen molar-refractivity contribution in [1.82, 2.24) is 10.2 Å². The van der Waals surface area contributed by atoms with Crippen LogP contribution in [0.5, 0.6) is 0 Å². The number of hydrogen-bond donors (Lipinski definition) is 1. The molecule has 1 fully saturated rings. The minimum absolute atomic E-state index is 0.197. The van der Waals surface area contributed by atoms with Crippen LogP contribution in [0.25, 0.3) is 0 Å². The zero-order chi connectivity index (χ0) is 13.2. The fourth-order valence-electron chi connectivity index (χ4n) is 3.40. The molecule has 0 bridgehead atoms. The summed E-state index contributed by atoms with van der Waals surface area (Å²) < 4.78 is 0. The van der Waals surface area contributed by atoms with Crippen LogP contribution in [0.2, 0.25) is 0 Å². The number of hydrogen-bond acceptors (Lipinski definition) is 3. The van der Waals surface area contributed by atoms with E-state index in [2.05, 4.69) is 28.6 Å². The maximum absolute atomic E-state index is 12.7. The van der Waals surface area contributed by atoms with Gasteiger partial charge in [0.05, 0.1) is 12.0 Å². The molecule has 0 spiro atoms. The number of fused-ring (bicyclic) bond motifs is 1. The molecule has 4 heteroatoms. The molecule has 0 radical (unpaired) electrons. The Bertz CT molecular complexity index is 451. The topological polar surface area (TPSA) is 32.3 Å². The summed E-state index contributed by atoms with van der Waals surface area (Å²) in [4.78, 5) is 16.4. The predicted molar refractivity (Wildman–Crippen MR) is 78.4 cm³/mol. The van der Waals surface area contributed by atoms with Gasteiger partial charge in [0.1, 0.15) is 0 Å². The van der Waals surface area contributed by atoms with Crippen molar-refractivity contribution in [3.05, 3.63) is 21.9 Å². The summed E-state index contributed by atoms with van der Waals surface area (Å²) in [7, 11) is 0. The number of nitrogens with zero attached hydrogens (tertiary/aromatic N) is 1. The van der Waals surface area contributed by atoms with Crippen LogP contribution in [0, 0.1) is 5.92 Å². The van der Waals surface area contributed by atoms with Crippen molar-refractivity contribution in [1.29, 1.82) is 0 Å². The summed E-state index contributed by atoms with van der Waals surface area (Å²) in [6.07, 6.45) is 4.24. The summed E-state index contributed by atoms with van der Waals surface area (Å²) in [6.45, 7) is 5.02. The molecular weight excluding hydrogens is 256 g/mol.